The van der Waals surface area contributed by atoms with Crippen LogP contribution in [-0.2, 0) is 0 Å². The third-order valence-electron chi connectivity index (χ3n) is 2.80. The summed E-state index contributed by atoms with van der Waals surface area (Å²) < 4.78 is 0. The second kappa shape index (κ2) is 4.79. The standard InChI is InChI=1S/C11H16ClN3/c1-9-4-5-13-11(14-9)15-6-2-3-10(7-12)8-15/h4-5,10H,2-3,6-8H2,1H3. The first-order valence-electron chi connectivity index (χ1n) is 5.40. The van der Waals surface area contributed by atoms with E-state index in [0.29, 0.717) is 5.92 Å². The lowest BCUT2D eigenvalue weighted by Crippen LogP contribution is -2.37. The van der Waals surface area contributed by atoms with E-state index in [4.69, 9.17) is 11.6 Å². The Kier molecular flexibility index (Phi) is 3.41. The van der Waals surface area contributed by atoms with Crippen LogP contribution in [0.15, 0.2) is 12.3 Å². The zero-order valence-corrected chi connectivity index (χ0v) is 9.74. The lowest BCUT2D eigenvalue weighted by Gasteiger charge is -2.31. The number of rotatable bonds is 2. The van der Waals surface area contributed by atoms with Crippen LogP contribution in [0.25, 0.3) is 0 Å². The summed E-state index contributed by atoms with van der Waals surface area (Å²) in [4.78, 5) is 11.0. The number of piperidine rings is 1. The molecule has 1 fully saturated rings. The average Bonchev–Trinajstić information content (AvgIpc) is 2.29. The molecule has 1 aromatic heterocycles. The first-order valence-corrected chi connectivity index (χ1v) is 5.93. The minimum absolute atomic E-state index is 0.588. The van der Waals surface area contributed by atoms with E-state index in [2.05, 4.69) is 14.9 Å². The third kappa shape index (κ3) is 2.59. The maximum Gasteiger partial charge on any atom is 0.225 e. The van der Waals surface area contributed by atoms with Crippen molar-refractivity contribution >= 4 is 17.5 Å². The van der Waals surface area contributed by atoms with Crippen molar-refractivity contribution in [2.45, 2.75) is 19.8 Å². The molecule has 1 aromatic rings. The highest BCUT2D eigenvalue weighted by molar-refractivity contribution is 6.18. The fourth-order valence-corrected chi connectivity index (χ4v) is 2.21. The Hall–Kier alpha value is -0.830. The van der Waals surface area contributed by atoms with E-state index in [1.807, 2.05) is 19.2 Å². The van der Waals surface area contributed by atoms with Crippen molar-refractivity contribution in [3.8, 4) is 0 Å². The van der Waals surface area contributed by atoms with Gasteiger partial charge in [0.15, 0.2) is 0 Å². The second-order valence-electron chi connectivity index (χ2n) is 4.11. The highest BCUT2D eigenvalue weighted by atomic mass is 35.5. The van der Waals surface area contributed by atoms with E-state index in [1.165, 1.54) is 12.8 Å². The normalized spacial score (nSPS) is 21.7. The number of hydrogen-bond donors (Lipinski definition) is 0. The highest BCUT2D eigenvalue weighted by Gasteiger charge is 2.20. The van der Waals surface area contributed by atoms with Crippen LogP contribution in [0.2, 0.25) is 0 Å². The summed E-state index contributed by atoms with van der Waals surface area (Å²) in [6.45, 7) is 4.04. The predicted octanol–water partition coefficient (Wildman–Crippen LogP) is 2.24. The zero-order valence-electron chi connectivity index (χ0n) is 8.99. The van der Waals surface area contributed by atoms with Crippen molar-refractivity contribution in [2.24, 2.45) is 5.92 Å². The molecule has 15 heavy (non-hydrogen) atoms. The van der Waals surface area contributed by atoms with Crippen LogP contribution in [0.1, 0.15) is 18.5 Å². The van der Waals surface area contributed by atoms with Crippen LogP contribution < -0.4 is 4.90 Å². The van der Waals surface area contributed by atoms with Gasteiger partial charge in [0.2, 0.25) is 5.95 Å². The number of halogens is 1. The summed E-state index contributed by atoms with van der Waals surface area (Å²) in [5.74, 6) is 2.18. The topological polar surface area (TPSA) is 29.0 Å². The fraction of sp³-hybridized carbons (Fsp3) is 0.636. The van der Waals surface area contributed by atoms with E-state index >= 15 is 0 Å². The Labute approximate surface area is 95.5 Å². The van der Waals surface area contributed by atoms with Gasteiger partial charge >= 0.3 is 0 Å². The number of hydrogen-bond acceptors (Lipinski definition) is 3. The summed E-state index contributed by atoms with van der Waals surface area (Å²) in [5, 5.41) is 0. The first kappa shape index (κ1) is 10.7. The highest BCUT2D eigenvalue weighted by Crippen LogP contribution is 2.20. The van der Waals surface area contributed by atoms with Crippen LogP contribution in [0.4, 0.5) is 5.95 Å². The van der Waals surface area contributed by atoms with Crippen molar-refractivity contribution < 1.29 is 0 Å². The van der Waals surface area contributed by atoms with Gasteiger partial charge in [-0.1, -0.05) is 0 Å². The maximum absolute atomic E-state index is 5.90. The molecule has 1 saturated heterocycles. The summed E-state index contributed by atoms with van der Waals surface area (Å²) in [7, 11) is 0. The molecule has 4 heteroatoms. The third-order valence-corrected chi connectivity index (χ3v) is 3.24. The van der Waals surface area contributed by atoms with Crippen LogP contribution in [0, 0.1) is 12.8 Å². The van der Waals surface area contributed by atoms with Crippen LogP contribution in [-0.4, -0.2) is 28.9 Å². The summed E-state index contributed by atoms with van der Waals surface area (Å²) in [6.07, 6.45) is 4.24. The number of anilines is 1. The van der Waals surface area contributed by atoms with E-state index in [-0.39, 0.29) is 0 Å². The van der Waals surface area contributed by atoms with Gasteiger partial charge < -0.3 is 4.90 Å². The van der Waals surface area contributed by atoms with E-state index in [1.54, 1.807) is 0 Å². The molecule has 0 saturated carbocycles. The molecular weight excluding hydrogens is 210 g/mol. The van der Waals surface area contributed by atoms with Gasteiger partial charge in [-0.2, -0.15) is 0 Å². The second-order valence-corrected chi connectivity index (χ2v) is 4.42. The Morgan fingerprint density at radius 3 is 3.20 bits per heavy atom. The minimum atomic E-state index is 0.588. The number of nitrogens with zero attached hydrogens (tertiary/aromatic N) is 3. The SMILES string of the molecule is Cc1ccnc(N2CCCC(CCl)C2)n1. The van der Waals surface area contributed by atoms with Crippen molar-refractivity contribution in [1.29, 1.82) is 0 Å². The average molecular weight is 226 g/mol. The van der Waals surface area contributed by atoms with E-state index in [9.17, 15) is 0 Å². The number of aryl methyl sites for hydroxylation is 1. The molecule has 3 nitrogen and oxygen atoms in total. The van der Waals surface area contributed by atoms with Gasteiger partial charge in [-0.3, -0.25) is 0 Å². The van der Waals surface area contributed by atoms with Gasteiger partial charge in [0.05, 0.1) is 0 Å². The lowest BCUT2D eigenvalue weighted by atomic mass is 10.0. The van der Waals surface area contributed by atoms with Gasteiger partial charge in [0.25, 0.3) is 0 Å². The minimum Gasteiger partial charge on any atom is -0.341 e. The predicted molar refractivity (Wildman–Crippen MR) is 62.4 cm³/mol. The zero-order chi connectivity index (χ0) is 10.7. The molecular formula is C11H16ClN3. The molecule has 0 aromatic carbocycles. The molecule has 0 amide bonds. The molecule has 1 atom stereocenters. The molecule has 0 spiro atoms. The van der Waals surface area contributed by atoms with Gasteiger partial charge in [-0.05, 0) is 31.7 Å². The molecule has 1 aliphatic rings. The molecule has 0 N–H and O–H groups in total. The number of aromatic nitrogens is 2. The van der Waals surface area contributed by atoms with Crippen molar-refractivity contribution in [2.75, 3.05) is 23.9 Å². The molecule has 1 unspecified atom stereocenters. The van der Waals surface area contributed by atoms with Gasteiger partial charge in [-0.25, -0.2) is 9.97 Å². The molecule has 2 rings (SSSR count). The van der Waals surface area contributed by atoms with E-state index < -0.39 is 0 Å². The van der Waals surface area contributed by atoms with Gasteiger partial charge in [-0.15, -0.1) is 11.6 Å². The molecule has 0 aliphatic carbocycles. The molecule has 1 aliphatic heterocycles. The van der Waals surface area contributed by atoms with Crippen molar-refractivity contribution in [3.63, 3.8) is 0 Å². The Balaban J connectivity index is 2.09. The van der Waals surface area contributed by atoms with Gasteiger partial charge in [0.1, 0.15) is 0 Å². The Morgan fingerprint density at radius 2 is 2.47 bits per heavy atom. The van der Waals surface area contributed by atoms with Crippen LogP contribution >= 0.6 is 11.6 Å². The summed E-state index contributed by atoms with van der Waals surface area (Å²) in [5.41, 5.74) is 1.02. The smallest absolute Gasteiger partial charge is 0.225 e. The summed E-state index contributed by atoms with van der Waals surface area (Å²) >= 11 is 5.90. The Morgan fingerprint density at radius 1 is 1.60 bits per heavy atom. The summed E-state index contributed by atoms with van der Waals surface area (Å²) in [6, 6.07) is 1.92. The molecule has 2 heterocycles. The molecule has 82 valence electrons. The maximum atomic E-state index is 5.90. The first-order chi connectivity index (χ1) is 7.29. The monoisotopic (exact) mass is 225 g/mol. The van der Waals surface area contributed by atoms with Crippen molar-refractivity contribution in [1.82, 2.24) is 9.97 Å². The van der Waals surface area contributed by atoms with Crippen molar-refractivity contribution in [3.05, 3.63) is 18.0 Å². The lowest BCUT2D eigenvalue weighted by molar-refractivity contribution is 0.446. The van der Waals surface area contributed by atoms with E-state index in [0.717, 1.165) is 30.6 Å². The largest absolute Gasteiger partial charge is 0.341 e. The van der Waals surface area contributed by atoms with Crippen LogP contribution in [0.5, 0.6) is 0 Å². The van der Waals surface area contributed by atoms with Gasteiger partial charge in [0, 0.05) is 30.9 Å². The van der Waals surface area contributed by atoms with Crippen LogP contribution in [0.3, 0.4) is 0 Å². The number of alkyl halides is 1. The molecule has 0 bridgehead atoms. The molecule has 0 radical (unpaired) electrons. The fourth-order valence-electron chi connectivity index (χ4n) is 1.96. The quantitative estimate of drug-likeness (QED) is 0.723. The Bertz CT molecular complexity index is 329.